The van der Waals surface area contributed by atoms with Gasteiger partial charge in [-0.15, -0.1) is 0 Å². The van der Waals surface area contributed by atoms with E-state index in [-0.39, 0.29) is 18.1 Å². The third kappa shape index (κ3) is 5.03. The molecule has 1 amide bonds. The number of ether oxygens (including phenoxy) is 1. The predicted molar refractivity (Wildman–Crippen MR) is 86.8 cm³/mol. The van der Waals surface area contributed by atoms with Crippen LogP contribution in [-0.2, 0) is 11.2 Å². The Kier molecular flexibility index (Phi) is 5.57. The van der Waals surface area contributed by atoms with Gasteiger partial charge in [0.25, 0.3) is 5.91 Å². The van der Waals surface area contributed by atoms with Crippen LogP contribution in [0.2, 0.25) is 0 Å². The minimum atomic E-state index is -0.399. The molecule has 0 saturated heterocycles. The normalized spacial score (nSPS) is 10.7. The molecule has 0 heterocycles. The highest BCUT2D eigenvalue weighted by atomic mass is 16.5. The van der Waals surface area contributed by atoms with E-state index in [2.05, 4.69) is 17.5 Å². The minimum absolute atomic E-state index is 0.149. The molecule has 6 heteroatoms. The summed E-state index contributed by atoms with van der Waals surface area (Å²) < 4.78 is 5.35. The fourth-order valence-corrected chi connectivity index (χ4v) is 1.80. The molecule has 6 nitrogen and oxygen atoms in total. The fraction of sp³-hybridized carbons (Fsp3) is 0.176. The summed E-state index contributed by atoms with van der Waals surface area (Å²) in [6.45, 7) is 1.92. The lowest BCUT2D eigenvalue weighted by Crippen LogP contribution is -2.24. The second-order valence-corrected chi connectivity index (χ2v) is 4.83. The third-order valence-corrected chi connectivity index (χ3v) is 3.10. The van der Waals surface area contributed by atoms with E-state index in [9.17, 15) is 15.0 Å². The summed E-state index contributed by atoms with van der Waals surface area (Å²) in [4.78, 5) is 11.6. The number of aryl methyl sites for hydroxylation is 1. The van der Waals surface area contributed by atoms with E-state index in [4.69, 9.17) is 4.74 Å². The number of carbonyl (C=O) groups is 1. The van der Waals surface area contributed by atoms with Crippen LogP contribution >= 0.6 is 0 Å². The number of benzene rings is 2. The van der Waals surface area contributed by atoms with Crippen LogP contribution in [0.1, 0.15) is 18.1 Å². The largest absolute Gasteiger partial charge is 0.504 e. The molecule has 0 atom stereocenters. The summed E-state index contributed by atoms with van der Waals surface area (Å²) in [6.07, 6.45) is 2.30. The molecule has 23 heavy (non-hydrogen) atoms. The van der Waals surface area contributed by atoms with Crippen molar-refractivity contribution >= 4 is 12.1 Å². The van der Waals surface area contributed by atoms with E-state index in [1.165, 1.54) is 23.9 Å². The molecule has 3 N–H and O–H groups in total. The summed E-state index contributed by atoms with van der Waals surface area (Å²) in [7, 11) is 0. The molecule has 0 spiro atoms. The maximum Gasteiger partial charge on any atom is 0.277 e. The standard InChI is InChI=1S/C17H18N2O4/c1-2-12-3-6-14(7-4-12)23-11-17(22)19-18-10-13-5-8-15(20)16(21)9-13/h3-10,20-21H,2,11H2,1H3,(H,19,22)/b18-10+. The van der Waals surface area contributed by atoms with Gasteiger partial charge in [0.2, 0.25) is 0 Å². The average molecular weight is 314 g/mol. The Morgan fingerprint density at radius 2 is 1.91 bits per heavy atom. The molecule has 0 fully saturated rings. The first-order chi connectivity index (χ1) is 11.1. The molecule has 2 aromatic carbocycles. The summed E-state index contributed by atoms with van der Waals surface area (Å²) in [6, 6.07) is 11.7. The van der Waals surface area contributed by atoms with Crippen molar-refractivity contribution in [3.05, 3.63) is 53.6 Å². The van der Waals surface area contributed by atoms with Crippen molar-refractivity contribution in [3.63, 3.8) is 0 Å². The number of nitrogens with one attached hydrogen (secondary N) is 1. The van der Waals surface area contributed by atoms with Crippen LogP contribution in [-0.4, -0.2) is 28.9 Å². The Morgan fingerprint density at radius 3 is 2.57 bits per heavy atom. The maximum absolute atomic E-state index is 11.6. The molecule has 0 aliphatic heterocycles. The zero-order valence-corrected chi connectivity index (χ0v) is 12.7. The molecular formula is C17H18N2O4. The lowest BCUT2D eigenvalue weighted by Gasteiger charge is -2.05. The van der Waals surface area contributed by atoms with Crippen molar-refractivity contribution in [1.29, 1.82) is 0 Å². The zero-order valence-electron chi connectivity index (χ0n) is 12.7. The first kappa shape index (κ1) is 16.4. The van der Waals surface area contributed by atoms with E-state index in [1.807, 2.05) is 24.3 Å². The molecule has 0 saturated carbocycles. The van der Waals surface area contributed by atoms with Gasteiger partial charge in [-0.25, -0.2) is 5.43 Å². The quantitative estimate of drug-likeness (QED) is 0.433. The number of aromatic hydroxyl groups is 2. The van der Waals surface area contributed by atoms with Crippen molar-refractivity contribution in [2.75, 3.05) is 6.61 Å². The first-order valence-electron chi connectivity index (χ1n) is 7.14. The van der Waals surface area contributed by atoms with Crippen LogP contribution in [0, 0.1) is 0 Å². The highest BCUT2D eigenvalue weighted by Crippen LogP contribution is 2.23. The number of nitrogens with zero attached hydrogens (tertiary/aromatic N) is 1. The van der Waals surface area contributed by atoms with Gasteiger partial charge in [0.05, 0.1) is 6.21 Å². The second-order valence-electron chi connectivity index (χ2n) is 4.83. The Bertz CT molecular complexity index is 696. The van der Waals surface area contributed by atoms with Gasteiger partial charge < -0.3 is 14.9 Å². The van der Waals surface area contributed by atoms with Crippen LogP contribution in [0.15, 0.2) is 47.6 Å². The van der Waals surface area contributed by atoms with Crippen LogP contribution in [0.5, 0.6) is 17.2 Å². The number of hydrazone groups is 1. The van der Waals surface area contributed by atoms with E-state index in [0.29, 0.717) is 11.3 Å². The molecule has 0 bridgehead atoms. The molecule has 0 aromatic heterocycles. The van der Waals surface area contributed by atoms with Gasteiger partial charge >= 0.3 is 0 Å². The summed E-state index contributed by atoms with van der Waals surface area (Å²) >= 11 is 0. The molecule has 120 valence electrons. The molecule has 0 aliphatic carbocycles. The van der Waals surface area contributed by atoms with Crippen LogP contribution in [0.3, 0.4) is 0 Å². The monoisotopic (exact) mass is 314 g/mol. The predicted octanol–water partition coefficient (Wildman–Crippen LogP) is 2.19. The van der Waals surface area contributed by atoms with Gasteiger partial charge in [0.15, 0.2) is 18.1 Å². The number of hydrogen-bond donors (Lipinski definition) is 3. The maximum atomic E-state index is 11.6. The van der Waals surface area contributed by atoms with Gasteiger partial charge in [0, 0.05) is 0 Å². The molecule has 0 radical (unpaired) electrons. The summed E-state index contributed by atoms with van der Waals surface area (Å²) in [5.74, 6) is -0.249. The van der Waals surface area contributed by atoms with Gasteiger partial charge in [-0.3, -0.25) is 4.79 Å². The molecule has 0 aliphatic rings. The van der Waals surface area contributed by atoms with Gasteiger partial charge in [0.1, 0.15) is 5.75 Å². The number of phenols is 2. The summed E-state index contributed by atoms with van der Waals surface area (Å²) in [5, 5.41) is 22.3. The second kappa shape index (κ2) is 7.84. The third-order valence-electron chi connectivity index (χ3n) is 3.10. The molecule has 0 unspecified atom stereocenters. The first-order valence-corrected chi connectivity index (χ1v) is 7.14. The van der Waals surface area contributed by atoms with E-state index in [0.717, 1.165) is 6.42 Å². The van der Waals surface area contributed by atoms with Crippen LogP contribution in [0.4, 0.5) is 0 Å². The van der Waals surface area contributed by atoms with Gasteiger partial charge in [-0.2, -0.15) is 5.10 Å². The summed E-state index contributed by atoms with van der Waals surface area (Å²) in [5.41, 5.74) is 4.06. The zero-order chi connectivity index (χ0) is 16.7. The lowest BCUT2D eigenvalue weighted by molar-refractivity contribution is -0.123. The smallest absolute Gasteiger partial charge is 0.277 e. The van der Waals surface area contributed by atoms with Crippen molar-refractivity contribution < 1.29 is 19.7 Å². The van der Waals surface area contributed by atoms with E-state index >= 15 is 0 Å². The molecular weight excluding hydrogens is 296 g/mol. The van der Waals surface area contributed by atoms with Crippen molar-refractivity contribution in [3.8, 4) is 17.2 Å². The van der Waals surface area contributed by atoms with Crippen molar-refractivity contribution in [2.45, 2.75) is 13.3 Å². The van der Waals surface area contributed by atoms with Crippen LogP contribution < -0.4 is 10.2 Å². The van der Waals surface area contributed by atoms with Crippen molar-refractivity contribution in [2.24, 2.45) is 5.10 Å². The Morgan fingerprint density at radius 1 is 1.17 bits per heavy atom. The Balaban J connectivity index is 1.79. The van der Waals surface area contributed by atoms with Crippen molar-refractivity contribution in [1.82, 2.24) is 5.43 Å². The van der Waals surface area contributed by atoms with E-state index in [1.54, 1.807) is 6.07 Å². The number of rotatable bonds is 6. The molecule has 2 rings (SSSR count). The Labute approximate surface area is 134 Å². The highest BCUT2D eigenvalue weighted by Gasteiger charge is 2.02. The van der Waals surface area contributed by atoms with Gasteiger partial charge in [-0.1, -0.05) is 19.1 Å². The number of carbonyl (C=O) groups excluding carboxylic acids is 1. The highest BCUT2D eigenvalue weighted by molar-refractivity contribution is 5.83. The van der Waals surface area contributed by atoms with Gasteiger partial charge in [-0.05, 0) is 47.9 Å². The fourth-order valence-electron chi connectivity index (χ4n) is 1.80. The number of phenolic OH excluding ortho intramolecular Hbond substituents is 2. The minimum Gasteiger partial charge on any atom is -0.504 e. The topological polar surface area (TPSA) is 91.2 Å². The average Bonchev–Trinajstić information content (AvgIpc) is 2.56. The SMILES string of the molecule is CCc1ccc(OCC(=O)N/N=C/c2ccc(O)c(O)c2)cc1. The van der Waals surface area contributed by atoms with E-state index < -0.39 is 5.91 Å². The number of amides is 1. The van der Waals surface area contributed by atoms with Crippen LogP contribution in [0.25, 0.3) is 0 Å². The Hall–Kier alpha value is -3.02. The number of hydrogen-bond acceptors (Lipinski definition) is 5. The molecule has 2 aromatic rings. The lowest BCUT2D eigenvalue weighted by atomic mass is 10.2.